The molecule has 4 nitrogen and oxygen atoms in total. The van der Waals surface area contributed by atoms with Crippen LogP contribution in [0.5, 0.6) is 0 Å². The fourth-order valence-electron chi connectivity index (χ4n) is 3.78. The quantitative estimate of drug-likeness (QED) is 0.913. The van der Waals surface area contributed by atoms with Crippen LogP contribution in [0.25, 0.3) is 10.9 Å². The first-order valence-corrected chi connectivity index (χ1v) is 7.62. The van der Waals surface area contributed by atoms with E-state index in [2.05, 4.69) is 33.3 Å². The monoisotopic (exact) mass is 271 g/mol. The number of morpholine rings is 1. The molecule has 1 aliphatic carbocycles. The highest BCUT2D eigenvalue weighted by Gasteiger charge is 2.39. The molecule has 1 aromatic heterocycles. The van der Waals surface area contributed by atoms with Crippen LogP contribution in [0.2, 0.25) is 0 Å². The molecule has 0 radical (unpaired) electrons. The van der Waals surface area contributed by atoms with Gasteiger partial charge in [0, 0.05) is 25.0 Å². The molecule has 1 N–H and O–H groups in total. The Morgan fingerprint density at radius 3 is 3.10 bits per heavy atom. The maximum Gasteiger partial charge on any atom is 0.0809 e. The molecule has 1 aromatic carbocycles. The molecule has 1 saturated heterocycles. The van der Waals surface area contributed by atoms with Crippen molar-refractivity contribution in [1.82, 2.24) is 15.1 Å². The maximum absolute atomic E-state index is 6.11. The topological polar surface area (TPSA) is 41.1 Å². The second-order valence-electron chi connectivity index (χ2n) is 6.20. The van der Waals surface area contributed by atoms with Crippen LogP contribution < -0.4 is 0 Å². The molecule has 20 heavy (non-hydrogen) atoms. The Bertz CT molecular complexity index is 601. The molecular weight excluding hydrogens is 250 g/mol. The Hall–Kier alpha value is -1.39. The van der Waals surface area contributed by atoms with Gasteiger partial charge in [0.2, 0.25) is 0 Å². The number of hydrogen-bond donors (Lipinski definition) is 1. The number of hydrogen-bond acceptors (Lipinski definition) is 3. The number of aromatic amines is 1. The molecule has 2 aromatic rings. The van der Waals surface area contributed by atoms with Gasteiger partial charge in [0.15, 0.2) is 0 Å². The number of fused-ring (bicyclic) bond motifs is 1. The normalized spacial score (nSPS) is 22.8. The molecule has 4 rings (SSSR count). The molecule has 0 amide bonds. The number of H-pyrrole nitrogens is 1. The van der Waals surface area contributed by atoms with E-state index in [9.17, 15) is 0 Å². The molecule has 1 aliphatic heterocycles. The Kier molecular flexibility index (Phi) is 3.00. The summed E-state index contributed by atoms with van der Waals surface area (Å²) >= 11 is 0. The average Bonchev–Trinajstić information content (AvgIpc) is 3.09. The van der Waals surface area contributed by atoms with Gasteiger partial charge in [0.1, 0.15) is 0 Å². The minimum Gasteiger partial charge on any atom is -0.372 e. The fourth-order valence-corrected chi connectivity index (χ4v) is 3.78. The van der Waals surface area contributed by atoms with E-state index in [0.717, 1.165) is 26.2 Å². The summed E-state index contributed by atoms with van der Waals surface area (Å²) < 4.78 is 6.11. The minimum atomic E-state index is 0.153. The second kappa shape index (κ2) is 4.86. The summed E-state index contributed by atoms with van der Waals surface area (Å²) in [5.74, 6) is 0. The van der Waals surface area contributed by atoms with Gasteiger partial charge in [-0.2, -0.15) is 5.10 Å². The zero-order chi connectivity index (χ0) is 13.4. The van der Waals surface area contributed by atoms with Crippen LogP contribution in [0.15, 0.2) is 24.4 Å². The van der Waals surface area contributed by atoms with Crippen molar-refractivity contribution in [3.8, 4) is 0 Å². The van der Waals surface area contributed by atoms with E-state index in [0.29, 0.717) is 0 Å². The van der Waals surface area contributed by atoms with Gasteiger partial charge in [0.25, 0.3) is 0 Å². The van der Waals surface area contributed by atoms with Crippen LogP contribution >= 0.6 is 0 Å². The van der Waals surface area contributed by atoms with E-state index in [1.54, 1.807) is 0 Å². The molecule has 4 heteroatoms. The van der Waals surface area contributed by atoms with Crippen LogP contribution in [0.3, 0.4) is 0 Å². The first-order valence-electron chi connectivity index (χ1n) is 7.62. The molecule has 2 aliphatic rings. The van der Waals surface area contributed by atoms with E-state index in [1.807, 2.05) is 6.20 Å². The van der Waals surface area contributed by atoms with Crippen molar-refractivity contribution in [2.45, 2.75) is 37.8 Å². The van der Waals surface area contributed by atoms with Gasteiger partial charge in [-0.05, 0) is 18.4 Å². The van der Waals surface area contributed by atoms with Crippen molar-refractivity contribution < 1.29 is 4.74 Å². The first-order chi connectivity index (χ1) is 9.85. The molecule has 2 heterocycles. The summed E-state index contributed by atoms with van der Waals surface area (Å²) in [7, 11) is 0. The second-order valence-corrected chi connectivity index (χ2v) is 6.20. The molecule has 0 unspecified atom stereocenters. The maximum atomic E-state index is 6.11. The molecule has 1 spiro atoms. The number of nitrogens with zero attached hydrogens (tertiary/aromatic N) is 2. The molecule has 2 fully saturated rings. The van der Waals surface area contributed by atoms with E-state index in [4.69, 9.17) is 4.74 Å². The van der Waals surface area contributed by atoms with Gasteiger partial charge in [-0.25, -0.2) is 0 Å². The van der Waals surface area contributed by atoms with Gasteiger partial charge in [-0.3, -0.25) is 10.00 Å². The predicted octanol–water partition coefficient (Wildman–Crippen LogP) is 2.71. The Morgan fingerprint density at radius 1 is 1.30 bits per heavy atom. The lowest BCUT2D eigenvalue weighted by Gasteiger charge is -2.40. The summed E-state index contributed by atoms with van der Waals surface area (Å²) in [6.07, 6.45) is 7.01. The number of rotatable bonds is 2. The number of benzene rings is 1. The van der Waals surface area contributed by atoms with Crippen molar-refractivity contribution >= 4 is 10.9 Å². The van der Waals surface area contributed by atoms with Gasteiger partial charge in [-0.1, -0.05) is 31.0 Å². The number of nitrogens with one attached hydrogen (secondary N) is 1. The zero-order valence-electron chi connectivity index (χ0n) is 11.8. The third-order valence-electron chi connectivity index (χ3n) is 4.80. The molecule has 0 bridgehead atoms. The van der Waals surface area contributed by atoms with E-state index >= 15 is 0 Å². The molecule has 106 valence electrons. The smallest absolute Gasteiger partial charge is 0.0809 e. The fraction of sp³-hybridized carbons (Fsp3) is 0.562. The summed E-state index contributed by atoms with van der Waals surface area (Å²) in [4.78, 5) is 2.55. The largest absolute Gasteiger partial charge is 0.372 e. The number of para-hydroxylation sites is 1. The van der Waals surface area contributed by atoms with Crippen LogP contribution in [-0.4, -0.2) is 40.4 Å². The van der Waals surface area contributed by atoms with E-state index in [1.165, 1.54) is 42.1 Å². The Morgan fingerprint density at radius 2 is 2.20 bits per heavy atom. The minimum absolute atomic E-state index is 0.153. The summed E-state index contributed by atoms with van der Waals surface area (Å²) in [6.45, 7) is 3.98. The van der Waals surface area contributed by atoms with Crippen LogP contribution in [0.1, 0.15) is 31.2 Å². The Balaban J connectivity index is 1.55. The standard InChI is InChI=1S/C16H21N3O/c1-2-7-16(6-1)12-19(8-9-20-16)11-14-5-3-4-13-10-17-18-15(13)14/h3-5,10H,1-2,6-9,11-12H2,(H,17,18). The lowest BCUT2D eigenvalue weighted by molar-refractivity contribution is -0.106. The van der Waals surface area contributed by atoms with Crippen LogP contribution in [0, 0.1) is 0 Å². The molecule has 1 saturated carbocycles. The lowest BCUT2D eigenvalue weighted by atomic mass is 9.99. The van der Waals surface area contributed by atoms with Gasteiger partial charge in [0.05, 0.1) is 23.9 Å². The van der Waals surface area contributed by atoms with Crippen molar-refractivity contribution in [3.63, 3.8) is 0 Å². The van der Waals surface area contributed by atoms with Crippen molar-refractivity contribution in [1.29, 1.82) is 0 Å². The highest BCUT2D eigenvalue weighted by Crippen LogP contribution is 2.36. The summed E-state index contributed by atoms with van der Waals surface area (Å²) in [5, 5.41) is 8.49. The van der Waals surface area contributed by atoms with Crippen molar-refractivity contribution in [3.05, 3.63) is 30.0 Å². The van der Waals surface area contributed by atoms with Crippen molar-refractivity contribution in [2.24, 2.45) is 0 Å². The molecular formula is C16H21N3O. The summed E-state index contributed by atoms with van der Waals surface area (Å²) in [6, 6.07) is 6.44. The van der Waals surface area contributed by atoms with Crippen LogP contribution in [0.4, 0.5) is 0 Å². The van der Waals surface area contributed by atoms with Gasteiger partial charge in [-0.15, -0.1) is 0 Å². The van der Waals surface area contributed by atoms with Crippen LogP contribution in [-0.2, 0) is 11.3 Å². The Labute approximate surface area is 119 Å². The highest BCUT2D eigenvalue weighted by atomic mass is 16.5. The SMILES string of the molecule is c1cc(CN2CCOC3(CCCC3)C2)c2[nH]ncc2c1. The van der Waals surface area contributed by atoms with E-state index in [-0.39, 0.29) is 5.60 Å². The van der Waals surface area contributed by atoms with Gasteiger partial charge >= 0.3 is 0 Å². The zero-order valence-corrected chi connectivity index (χ0v) is 11.8. The lowest BCUT2D eigenvalue weighted by Crippen LogP contribution is -2.49. The third-order valence-corrected chi connectivity index (χ3v) is 4.80. The highest BCUT2D eigenvalue weighted by molar-refractivity contribution is 5.81. The average molecular weight is 271 g/mol. The molecule has 0 atom stereocenters. The van der Waals surface area contributed by atoms with Gasteiger partial charge < -0.3 is 4.74 Å². The van der Waals surface area contributed by atoms with E-state index < -0.39 is 0 Å². The predicted molar refractivity (Wildman–Crippen MR) is 78.5 cm³/mol. The summed E-state index contributed by atoms with van der Waals surface area (Å²) in [5.41, 5.74) is 2.68. The van der Waals surface area contributed by atoms with Crippen molar-refractivity contribution in [2.75, 3.05) is 19.7 Å². The number of aromatic nitrogens is 2. The number of ether oxygens (including phenoxy) is 1. The third kappa shape index (κ3) is 2.13. The first kappa shape index (κ1) is 12.4.